The molecule has 21 heavy (non-hydrogen) atoms. The molecule has 5 nitrogen and oxygen atoms in total. The smallest absolute Gasteiger partial charge is 0.375 e. The number of carbonyl (C=O) groups is 1. The van der Waals surface area contributed by atoms with Crippen LogP contribution in [-0.4, -0.2) is 25.8 Å². The fraction of sp³-hybridized carbons (Fsp3) is 0.438. The Hall–Kier alpha value is -2.17. The van der Waals surface area contributed by atoms with Crippen molar-refractivity contribution >= 4 is 5.97 Å². The van der Waals surface area contributed by atoms with Gasteiger partial charge in [-0.3, -0.25) is 0 Å². The molecule has 1 heterocycles. The highest BCUT2D eigenvalue weighted by Gasteiger charge is 2.32. The van der Waals surface area contributed by atoms with Gasteiger partial charge in [-0.05, 0) is 55.7 Å². The minimum Gasteiger partial charge on any atom is -0.475 e. The van der Waals surface area contributed by atoms with E-state index < -0.39 is 5.97 Å². The van der Waals surface area contributed by atoms with E-state index in [-0.39, 0.29) is 5.82 Å². The van der Waals surface area contributed by atoms with E-state index in [1.54, 1.807) is 4.68 Å². The molecule has 5 heteroatoms. The van der Waals surface area contributed by atoms with Gasteiger partial charge >= 0.3 is 5.97 Å². The van der Waals surface area contributed by atoms with Crippen LogP contribution in [0.2, 0.25) is 0 Å². The molecule has 1 aromatic carbocycles. The summed E-state index contributed by atoms with van der Waals surface area (Å²) in [5, 5.41) is 13.4. The van der Waals surface area contributed by atoms with Crippen molar-refractivity contribution < 1.29 is 9.90 Å². The van der Waals surface area contributed by atoms with Crippen molar-refractivity contribution in [3.05, 3.63) is 41.0 Å². The van der Waals surface area contributed by atoms with E-state index in [2.05, 4.69) is 16.1 Å². The van der Waals surface area contributed by atoms with Gasteiger partial charge in [-0.2, -0.15) is 0 Å². The Morgan fingerprint density at radius 3 is 2.81 bits per heavy atom. The largest absolute Gasteiger partial charge is 0.475 e. The lowest BCUT2D eigenvalue weighted by Crippen LogP contribution is -2.11. The molecule has 0 atom stereocenters. The first-order valence-corrected chi connectivity index (χ1v) is 7.55. The van der Waals surface area contributed by atoms with Crippen molar-refractivity contribution in [2.45, 2.75) is 44.4 Å². The molecule has 108 valence electrons. The van der Waals surface area contributed by atoms with Gasteiger partial charge in [0.05, 0.1) is 5.69 Å². The third-order valence-electron chi connectivity index (χ3n) is 4.37. The highest BCUT2D eigenvalue weighted by atomic mass is 16.4. The van der Waals surface area contributed by atoms with Crippen LogP contribution in [0.3, 0.4) is 0 Å². The van der Waals surface area contributed by atoms with Gasteiger partial charge in [0.1, 0.15) is 5.82 Å². The number of hydrogen-bond acceptors (Lipinski definition) is 3. The van der Waals surface area contributed by atoms with Gasteiger partial charge in [0.2, 0.25) is 0 Å². The maximum absolute atomic E-state index is 11.2. The number of carboxylic acids is 1. The van der Waals surface area contributed by atoms with E-state index >= 15 is 0 Å². The summed E-state index contributed by atoms with van der Waals surface area (Å²) < 4.78 is 1.78. The summed E-state index contributed by atoms with van der Waals surface area (Å²) in [4.78, 5) is 15.4. The molecule has 2 aliphatic rings. The van der Waals surface area contributed by atoms with Crippen LogP contribution in [-0.2, 0) is 12.8 Å². The minimum absolute atomic E-state index is 0.0923. The van der Waals surface area contributed by atoms with Crippen molar-refractivity contribution in [2.75, 3.05) is 0 Å². The lowest BCUT2D eigenvalue weighted by Gasteiger charge is -2.19. The second-order valence-corrected chi connectivity index (χ2v) is 5.91. The van der Waals surface area contributed by atoms with Crippen LogP contribution in [0.5, 0.6) is 0 Å². The number of hydrogen-bond donors (Lipinski definition) is 1. The summed E-state index contributed by atoms with van der Waals surface area (Å²) in [5.41, 5.74) is 3.70. The summed E-state index contributed by atoms with van der Waals surface area (Å²) >= 11 is 0. The molecule has 1 aromatic heterocycles. The average Bonchev–Trinajstić information content (AvgIpc) is 3.25. The van der Waals surface area contributed by atoms with Crippen LogP contribution in [0, 0.1) is 0 Å². The summed E-state index contributed by atoms with van der Waals surface area (Å²) in [6.07, 6.45) is 6.70. The molecule has 1 saturated carbocycles. The molecule has 0 amide bonds. The minimum atomic E-state index is -1.06. The average molecular weight is 283 g/mol. The highest BCUT2D eigenvalue weighted by molar-refractivity contribution is 5.83. The van der Waals surface area contributed by atoms with Gasteiger partial charge in [-0.25, -0.2) is 14.5 Å². The number of nitrogens with zero attached hydrogens (tertiary/aromatic N) is 3. The van der Waals surface area contributed by atoms with Crippen LogP contribution in [0.15, 0.2) is 18.2 Å². The predicted octanol–water partition coefficient (Wildman–Crippen LogP) is 2.72. The van der Waals surface area contributed by atoms with Crippen LogP contribution >= 0.6 is 0 Å². The molecular weight excluding hydrogens is 266 g/mol. The summed E-state index contributed by atoms with van der Waals surface area (Å²) in [6, 6.07) is 6.25. The SMILES string of the molecule is O=C(O)c1nc(C2CC2)n(-c2cccc3c2CCCC3)n1. The van der Waals surface area contributed by atoms with Crippen LogP contribution in [0.4, 0.5) is 0 Å². The second kappa shape index (κ2) is 4.69. The molecule has 0 bridgehead atoms. The number of aromatic carboxylic acids is 1. The summed E-state index contributed by atoms with van der Waals surface area (Å²) in [6.45, 7) is 0. The summed E-state index contributed by atoms with van der Waals surface area (Å²) in [7, 11) is 0. The second-order valence-electron chi connectivity index (χ2n) is 5.91. The van der Waals surface area contributed by atoms with Crippen LogP contribution in [0.1, 0.15) is 59.2 Å². The van der Waals surface area contributed by atoms with Crippen molar-refractivity contribution in [1.82, 2.24) is 14.8 Å². The standard InChI is InChI=1S/C16H17N3O2/c20-16(21)14-17-15(11-8-9-11)19(18-14)13-7-3-5-10-4-1-2-6-12(10)13/h3,5,7,11H,1-2,4,6,8-9H2,(H,20,21). The van der Waals surface area contributed by atoms with Crippen molar-refractivity contribution in [3.8, 4) is 5.69 Å². The first-order chi connectivity index (χ1) is 10.2. The van der Waals surface area contributed by atoms with E-state index in [0.29, 0.717) is 5.92 Å². The molecule has 2 aromatic rings. The Labute approximate surface area is 122 Å². The molecule has 1 fully saturated rings. The number of aromatic nitrogens is 3. The van der Waals surface area contributed by atoms with E-state index in [1.807, 2.05) is 12.1 Å². The highest BCUT2D eigenvalue weighted by Crippen LogP contribution is 2.40. The lowest BCUT2D eigenvalue weighted by molar-refractivity contribution is 0.0683. The van der Waals surface area contributed by atoms with E-state index in [4.69, 9.17) is 0 Å². The molecular formula is C16H17N3O2. The van der Waals surface area contributed by atoms with E-state index in [9.17, 15) is 9.90 Å². The molecule has 1 N–H and O–H groups in total. The zero-order valence-electron chi connectivity index (χ0n) is 11.7. The van der Waals surface area contributed by atoms with Crippen molar-refractivity contribution in [2.24, 2.45) is 0 Å². The normalized spacial score (nSPS) is 17.5. The third kappa shape index (κ3) is 2.13. The van der Waals surface area contributed by atoms with Gasteiger partial charge in [0.15, 0.2) is 0 Å². The fourth-order valence-electron chi connectivity index (χ4n) is 3.16. The fourth-order valence-corrected chi connectivity index (χ4v) is 3.16. The Kier molecular flexibility index (Phi) is 2.80. The zero-order chi connectivity index (χ0) is 14.4. The first kappa shape index (κ1) is 12.6. The van der Waals surface area contributed by atoms with Gasteiger partial charge < -0.3 is 5.11 Å². The number of fused-ring (bicyclic) bond motifs is 1. The van der Waals surface area contributed by atoms with Crippen LogP contribution in [0.25, 0.3) is 5.69 Å². The molecule has 0 spiro atoms. The topological polar surface area (TPSA) is 68.0 Å². The predicted molar refractivity (Wildman–Crippen MR) is 76.9 cm³/mol. The maximum Gasteiger partial charge on any atom is 0.375 e. The Morgan fingerprint density at radius 2 is 2.05 bits per heavy atom. The monoisotopic (exact) mass is 283 g/mol. The quantitative estimate of drug-likeness (QED) is 0.940. The van der Waals surface area contributed by atoms with E-state index in [0.717, 1.165) is 37.2 Å². The molecule has 0 aliphatic heterocycles. The van der Waals surface area contributed by atoms with Crippen molar-refractivity contribution in [1.29, 1.82) is 0 Å². The van der Waals surface area contributed by atoms with Gasteiger partial charge in [-0.15, -0.1) is 5.10 Å². The van der Waals surface area contributed by atoms with Gasteiger partial charge in [0, 0.05) is 5.92 Å². The number of carboxylic acid groups (broad SMARTS) is 1. The van der Waals surface area contributed by atoms with Crippen molar-refractivity contribution in [3.63, 3.8) is 0 Å². The van der Waals surface area contributed by atoms with Gasteiger partial charge in [0.25, 0.3) is 5.82 Å². The lowest BCUT2D eigenvalue weighted by atomic mass is 9.90. The molecule has 0 radical (unpaired) electrons. The van der Waals surface area contributed by atoms with Crippen LogP contribution < -0.4 is 0 Å². The third-order valence-corrected chi connectivity index (χ3v) is 4.37. The van der Waals surface area contributed by atoms with Gasteiger partial charge in [-0.1, -0.05) is 12.1 Å². The summed E-state index contributed by atoms with van der Waals surface area (Å²) in [5.74, 6) is 0.0298. The number of aryl methyl sites for hydroxylation is 1. The molecule has 2 aliphatic carbocycles. The molecule has 0 saturated heterocycles. The molecule has 0 unspecified atom stereocenters. The Bertz CT molecular complexity index is 716. The maximum atomic E-state index is 11.2. The van der Waals surface area contributed by atoms with E-state index in [1.165, 1.54) is 24.0 Å². The Morgan fingerprint density at radius 1 is 1.24 bits per heavy atom. The first-order valence-electron chi connectivity index (χ1n) is 7.55. The Balaban J connectivity index is 1.88. The number of benzene rings is 1. The zero-order valence-corrected chi connectivity index (χ0v) is 11.7. The molecule has 4 rings (SSSR count). The number of rotatable bonds is 3.